The fraction of sp³-hybridized carbons (Fsp3) is 0.154. The molecule has 1 aliphatic heterocycles. The first kappa shape index (κ1) is 23.9. The molecule has 8 heteroatoms. The zero-order valence-electron chi connectivity index (χ0n) is 18.6. The van der Waals surface area contributed by atoms with E-state index in [-0.39, 0.29) is 18.3 Å². The van der Waals surface area contributed by atoms with E-state index >= 15 is 0 Å². The van der Waals surface area contributed by atoms with Crippen molar-refractivity contribution >= 4 is 46.2 Å². The molecule has 174 valence electrons. The van der Waals surface area contributed by atoms with Gasteiger partial charge in [-0.1, -0.05) is 35.9 Å². The molecule has 0 spiro atoms. The van der Waals surface area contributed by atoms with Gasteiger partial charge in [-0.05, 0) is 84.8 Å². The molecule has 0 unspecified atom stereocenters. The van der Waals surface area contributed by atoms with E-state index in [1.165, 1.54) is 23.9 Å². The van der Waals surface area contributed by atoms with Gasteiger partial charge < -0.3 is 14.8 Å². The Morgan fingerprint density at radius 2 is 1.91 bits per heavy atom. The van der Waals surface area contributed by atoms with Crippen molar-refractivity contribution in [2.75, 3.05) is 6.61 Å². The Hall–Kier alpha value is -3.29. The van der Waals surface area contributed by atoms with E-state index < -0.39 is 0 Å². The molecule has 1 aliphatic rings. The number of benzene rings is 3. The van der Waals surface area contributed by atoms with Crippen LogP contribution < -0.4 is 14.8 Å². The number of rotatable bonds is 7. The average molecular weight is 497 g/mol. The monoisotopic (exact) mass is 496 g/mol. The van der Waals surface area contributed by atoms with E-state index in [2.05, 4.69) is 10.3 Å². The van der Waals surface area contributed by atoms with Crippen LogP contribution in [0.5, 0.6) is 11.5 Å². The number of nitrogens with zero attached hydrogens (tertiary/aromatic N) is 1. The molecule has 34 heavy (non-hydrogen) atoms. The molecule has 0 atom stereocenters. The van der Waals surface area contributed by atoms with E-state index in [1.54, 1.807) is 30.3 Å². The molecule has 0 aliphatic carbocycles. The molecule has 3 aromatic rings. The summed E-state index contributed by atoms with van der Waals surface area (Å²) in [6, 6.07) is 17.1. The molecule has 1 fully saturated rings. The van der Waals surface area contributed by atoms with Crippen LogP contribution in [-0.2, 0) is 11.4 Å². The van der Waals surface area contributed by atoms with Crippen molar-refractivity contribution in [3.63, 3.8) is 0 Å². The average Bonchev–Trinajstić information content (AvgIpc) is 3.15. The molecule has 0 aromatic heterocycles. The lowest BCUT2D eigenvalue weighted by molar-refractivity contribution is -0.115. The van der Waals surface area contributed by atoms with Crippen molar-refractivity contribution in [1.29, 1.82) is 0 Å². The lowest BCUT2D eigenvalue weighted by Crippen LogP contribution is -2.19. The first-order valence-electron chi connectivity index (χ1n) is 10.6. The second kappa shape index (κ2) is 10.8. The Balaban J connectivity index is 1.52. The Morgan fingerprint density at radius 1 is 1.09 bits per heavy atom. The van der Waals surface area contributed by atoms with Gasteiger partial charge in [-0.15, -0.1) is 0 Å². The highest BCUT2D eigenvalue weighted by molar-refractivity contribution is 8.18. The Kier molecular flexibility index (Phi) is 7.55. The minimum atomic E-state index is -0.311. The van der Waals surface area contributed by atoms with Crippen LogP contribution in [0.25, 0.3) is 6.08 Å². The number of carbonyl (C=O) groups excluding carboxylic acids is 1. The Morgan fingerprint density at radius 3 is 2.71 bits per heavy atom. The number of hydrogen-bond donors (Lipinski definition) is 1. The smallest absolute Gasteiger partial charge is 0.264 e. The van der Waals surface area contributed by atoms with Crippen molar-refractivity contribution in [1.82, 2.24) is 5.32 Å². The van der Waals surface area contributed by atoms with Crippen LogP contribution in [0.15, 0.2) is 70.6 Å². The third-order valence-electron chi connectivity index (χ3n) is 4.96. The zero-order valence-corrected chi connectivity index (χ0v) is 20.2. The summed E-state index contributed by atoms with van der Waals surface area (Å²) in [5.41, 5.74) is 3.04. The van der Waals surface area contributed by atoms with E-state index in [4.69, 9.17) is 21.1 Å². The van der Waals surface area contributed by atoms with Crippen LogP contribution in [0.3, 0.4) is 0 Å². The van der Waals surface area contributed by atoms with Crippen molar-refractivity contribution in [2.24, 2.45) is 4.99 Å². The quantitative estimate of drug-likeness (QED) is 0.372. The van der Waals surface area contributed by atoms with Crippen molar-refractivity contribution < 1.29 is 18.7 Å². The first-order chi connectivity index (χ1) is 16.4. The van der Waals surface area contributed by atoms with Crippen LogP contribution in [0.4, 0.5) is 10.1 Å². The molecular formula is C26H22ClFN2O3S. The molecule has 0 saturated carbocycles. The van der Waals surface area contributed by atoms with Gasteiger partial charge in [0.05, 0.1) is 17.2 Å². The largest absolute Gasteiger partial charge is 0.490 e. The second-order valence-corrected chi connectivity index (χ2v) is 8.86. The molecule has 1 saturated heterocycles. The Labute approximate surface area is 206 Å². The summed E-state index contributed by atoms with van der Waals surface area (Å²) in [5.74, 6) is 0.539. The molecule has 0 bridgehead atoms. The summed E-state index contributed by atoms with van der Waals surface area (Å²) in [4.78, 5) is 17.5. The second-order valence-electron chi connectivity index (χ2n) is 7.42. The van der Waals surface area contributed by atoms with Crippen molar-refractivity contribution in [2.45, 2.75) is 20.5 Å². The fourth-order valence-electron chi connectivity index (χ4n) is 3.25. The number of amidine groups is 1. The van der Waals surface area contributed by atoms with Gasteiger partial charge in [0, 0.05) is 5.02 Å². The minimum absolute atomic E-state index is 0.208. The normalized spacial score (nSPS) is 15.6. The highest BCUT2D eigenvalue weighted by Gasteiger charge is 2.24. The lowest BCUT2D eigenvalue weighted by atomic mass is 10.2. The molecule has 1 N–H and O–H groups in total. The molecule has 5 nitrogen and oxygen atoms in total. The number of nitrogens with one attached hydrogen (secondary N) is 1. The number of carbonyl (C=O) groups is 1. The standard InChI is InChI=1S/C26H22ClFN2O3S/c1-3-32-23-13-17(10-11-22(23)33-15-18-6-4-7-19(28)12-18)14-24-25(31)30-26(34-24)29-21-9-5-8-20(27)16(21)2/h4-14H,3,15H2,1-2H3,(H,29,30,31)/b24-14-. The summed E-state index contributed by atoms with van der Waals surface area (Å²) >= 11 is 7.42. The van der Waals surface area contributed by atoms with E-state index in [0.717, 1.165) is 16.7 Å². The van der Waals surface area contributed by atoms with Crippen LogP contribution in [0, 0.1) is 12.7 Å². The SMILES string of the molecule is CCOc1cc(/C=C2\SC(=Nc3cccc(Cl)c3C)NC2=O)ccc1OCc1cccc(F)c1. The summed E-state index contributed by atoms with van der Waals surface area (Å²) in [5, 5.41) is 3.90. The molecular weight excluding hydrogens is 475 g/mol. The number of thioether (sulfide) groups is 1. The molecule has 1 heterocycles. The van der Waals surface area contributed by atoms with E-state index in [1.807, 2.05) is 38.1 Å². The van der Waals surface area contributed by atoms with Gasteiger partial charge in [-0.3, -0.25) is 4.79 Å². The maximum absolute atomic E-state index is 13.4. The van der Waals surface area contributed by atoms with Gasteiger partial charge >= 0.3 is 0 Å². The number of halogens is 2. The summed E-state index contributed by atoms with van der Waals surface area (Å²) in [6.07, 6.45) is 1.77. The zero-order chi connectivity index (χ0) is 24.1. The maximum atomic E-state index is 13.4. The number of aliphatic imine (C=N–C) groups is 1. The third kappa shape index (κ3) is 5.79. The molecule has 4 rings (SSSR count). The Bertz CT molecular complexity index is 1290. The predicted octanol–water partition coefficient (Wildman–Crippen LogP) is 6.66. The fourth-order valence-corrected chi connectivity index (χ4v) is 4.25. The molecule has 1 amide bonds. The van der Waals surface area contributed by atoms with Gasteiger partial charge in [0.1, 0.15) is 12.4 Å². The van der Waals surface area contributed by atoms with Crippen LogP contribution in [0.1, 0.15) is 23.6 Å². The first-order valence-corrected chi connectivity index (χ1v) is 11.8. The van der Waals surface area contributed by atoms with E-state index in [0.29, 0.717) is 38.9 Å². The highest BCUT2D eigenvalue weighted by Crippen LogP contribution is 2.34. The van der Waals surface area contributed by atoms with Crippen molar-refractivity contribution in [3.05, 3.63) is 93.1 Å². The van der Waals surface area contributed by atoms with Crippen LogP contribution >= 0.6 is 23.4 Å². The summed E-state index contributed by atoms with van der Waals surface area (Å²) < 4.78 is 25.0. The summed E-state index contributed by atoms with van der Waals surface area (Å²) in [7, 11) is 0. The van der Waals surface area contributed by atoms with Gasteiger partial charge in [-0.25, -0.2) is 9.38 Å². The topological polar surface area (TPSA) is 59.9 Å². The van der Waals surface area contributed by atoms with Gasteiger partial charge in [0.2, 0.25) is 0 Å². The van der Waals surface area contributed by atoms with E-state index in [9.17, 15) is 9.18 Å². The number of hydrogen-bond acceptors (Lipinski definition) is 5. The molecule has 3 aromatic carbocycles. The van der Waals surface area contributed by atoms with Gasteiger partial charge in [0.15, 0.2) is 16.7 Å². The lowest BCUT2D eigenvalue weighted by Gasteiger charge is -2.13. The highest BCUT2D eigenvalue weighted by atomic mass is 35.5. The minimum Gasteiger partial charge on any atom is -0.490 e. The van der Waals surface area contributed by atoms with Gasteiger partial charge in [0.25, 0.3) is 5.91 Å². The number of amides is 1. The van der Waals surface area contributed by atoms with Crippen LogP contribution in [-0.4, -0.2) is 17.7 Å². The number of ether oxygens (including phenoxy) is 2. The van der Waals surface area contributed by atoms with Gasteiger partial charge in [-0.2, -0.15) is 0 Å². The predicted molar refractivity (Wildman–Crippen MR) is 135 cm³/mol. The maximum Gasteiger partial charge on any atom is 0.264 e. The summed E-state index contributed by atoms with van der Waals surface area (Å²) in [6.45, 7) is 4.41. The molecule has 0 radical (unpaired) electrons. The van der Waals surface area contributed by atoms with Crippen molar-refractivity contribution in [3.8, 4) is 11.5 Å². The van der Waals surface area contributed by atoms with Crippen LogP contribution in [0.2, 0.25) is 5.02 Å². The third-order valence-corrected chi connectivity index (χ3v) is 6.28.